The third kappa shape index (κ3) is 6.54. The molecule has 27 heavy (non-hydrogen) atoms. The first-order chi connectivity index (χ1) is 13.2. The minimum absolute atomic E-state index is 0.177. The average Bonchev–Trinajstić information content (AvgIpc) is 2.67. The maximum Gasteiger partial charge on any atom is 0.261 e. The van der Waals surface area contributed by atoms with Crippen LogP contribution in [0.5, 0.6) is 11.5 Å². The number of ether oxygens (including phenoxy) is 3. The number of para-hydroxylation sites is 3. The summed E-state index contributed by atoms with van der Waals surface area (Å²) in [5, 5.41) is 5.84. The molecule has 2 rings (SSSR count). The Morgan fingerprint density at radius 1 is 0.926 bits per heavy atom. The second-order valence-corrected chi connectivity index (χ2v) is 5.79. The van der Waals surface area contributed by atoms with E-state index in [0.29, 0.717) is 49.2 Å². The van der Waals surface area contributed by atoms with Crippen molar-refractivity contribution < 1.29 is 19.0 Å². The van der Waals surface area contributed by atoms with E-state index in [-0.39, 0.29) is 11.0 Å². The summed E-state index contributed by atoms with van der Waals surface area (Å²) in [6, 6.07) is 14.4. The SMILES string of the molecule is CCOCCOc1ccccc1C(=O)NC(=S)Nc1ccccc1OCC. The summed E-state index contributed by atoms with van der Waals surface area (Å²) >= 11 is 5.26. The summed E-state index contributed by atoms with van der Waals surface area (Å²) in [6.45, 7) is 5.79. The molecule has 2 N–H and O–H groups in total. The minimum atomic E-state index is -0.353. The lowest BCUT2D eigenvalue weighted by molar-refractivity contribution is 0.0958. The Labute approximate surface area is 164 Å². The molecule has 0 fully saturated rings. The van der Waals surface area contributed by atoms with Crippen LogP contribution >= 0.6 is 12.2 Å². The lowest BCUT2D eigenvalue weighted by Crippen LogP contribution is -2.34. The molecule has 0 saturated carbocycles. The quantitative estimate of drug-likeness (QED) is 0.505. The fourth-order valence-corrected chi connectivity index (χ4v) is 2.51. The summed E-state index contributed by atoms with van der Waals surface area (Å²) < 4.78 is 16.4. The number of anilines is 1. The molecular weight excluding hydrogens is 364 g/mol. The van der Waals surface area contributed by atoms with Gasteiger partial charge in [0, 0.05) is 6.61 Å². The van der Waals surface area contributed by atoms with Gasteiger partial charge in [-0.3, -0.25) is 10.1 Å². The van der Waals surface area contributed by atoms with Crippen LogP contribution in [0.15, 0.2) is 48.5 Å². The summed E-state index contributed by atoms with van der Waals surface area (Å²) in [5.41, 5.74) is 1.09. The molecule has 0 aliphatic rings. The van der Waals surface area contributed by atoms with Crippen LogP contribution in [0.4, 0.5) is 5.69 Å². The molecular formula is C20H24N2O4S. The van der Waals surface area contributed by atoms with Gasteiger partial charge in [0.2, 0.25) is 0 Å². The predicted molar refractivity (Wildman–Crippen MR) is 110 cm³/mol. The Bertz CT molecular complexity index is 767. The van der Waals surface area contributed by atoms with Crippen molar-refractivity contribution in [1.29, 1.82) is 0 Å². The number of rotatable bonds is 9. The maximum atomic E-state index is 12.6. The zero-order valence-corrected chi connectivity index (χ0v) is 16.3. The van der Waals surface area contributed by atoms with Gasteiger partial charge < -0.3 is 19.5 Å². The van der Waals surface area contributed by atoms with Crippen molar-refractivity contribution in [3.05, 3.63) is 54.1 Å². The molecule has 0 unspecified atom stereocenters. The molecule has 0 heterocycles. The number of hydrogen-bond donors (Lipinski definition) is 2. The highest BCUT2D eigenvalue weighted by Crippen LogP contribution is 2.23. The molecule has 144 valence electrons. The maximum absolute atomic E-state index is 12.6. The van der Waals surface area contributed by atoms with Gasteiger partial charge in [0.25, 0.3) is 5.91 Å². The van der Waals surface area contributed by atoms with Crippen LogP contribution in [0, 0.1) is 0 Å². The van der Waals surface area contributed by atoms with Crippen molar-refractivity contribution in [3.8, 4) is 11.5 Å². The fraction of sp³-hybridized carbons (Fsp3) is 0.300. The van der Waals surface area contributed by atoms with Crippen LogP contribution in [0.25, 0.3) is 0 Å². The first-order valence-corrected chi connectivity index (χ1v) is 9.20. The van der Waals surface area contributed by atoms with Crippen LogP contribution in [0.1, 0.15) is 24.2 Å². The van der Waals surface area contributed by atoms with Crippen molar-refractivity contribution >= 4 is 28.9 Å². The van der Waals surface area contributed by atoms with E-state index < -0.39 is 0 Å². The summed E-state index contributed by atoms with van der Waals surface area (Å²) in [6.07, 6.45) is 0. The van der Waals surface area contributed by atoms with E-state index in [1.807, 2.05) is 44.2 Å². The van der Waals surface area contributed by atoms with Crippen molar-refractivity contribution in [2.45, 2.75) is 13.8 Å². The molecule has 0 aliphatic heterocycles. The zero-order chi connectivity index (χ0) is 19.5. The van der Waals surface area contributed by atoms with Crippen LogP contribution < -0.4 is 20.1 Å². The molecule has 0 saturated heterocycles. The highest BCUT2D eigenvalue weighted by atomic mass is 32.1. The summed E-state index contributed by atoms with van der Waals surface area (Å²) in [5.74, 6) is 0.789. The first kappa shape index (κ1) is 20.7. The predicted octanol–water partition coefficient (Wildman–Crippen LogP) is 3.63. The summed E-state index contributed by atoms with van der Waals surface area (Å²) in [4.78, 5) is 12.6. The van der Waals surface area contributed by atoms with Crippen molar-refractivity contribution in [2.75, 3.05) is 31.7 Å². The third-order valence-corrected chi connectivity index (χ3v) is 3.69. The molecule has 0 atom stereocenters. The van der Waals surface area contributed by atoms with Crippen molar-refractivity contribution in [3.63, 3.8) is 0 Å². The Hall–Kier alpha value is -2.64. The number of carbonyl (C=O) groups excluding carboxylic acids is 1. The standard InChI is InChI=1S/C20H24N2O4S/c1-3-24-13-14-26-17-11-7-5-9-15(17)19(23)22-20(27)21-16-10-6-8-12-18(16)25-4-2/h5-12H,3-4,13-14H2,1-2H3,(H2,21,22,23,27). The molecule has 0 aromatic heterocycles. The van der Waals surface area contributed by atoms with Crippen LogP contribution in [0.3, 0.4) is 0 Å². The van der Waals surface area contributed by atoms with Crippen molar-refractivity contribution in [1.82, 2.24) is 5.32 Å². The van der Waals surface area contributed by atoms with Gasteiger partial charge in [0.1, 0.15) is 18.1 Å². The Balaban J connectivity index is 1.99. The molecule has 0 spiro atoms. The van der Waals surface area contributed by atoms with Crippen LogP contribution in [-0.4, -0.2) is 37.4 Å². The normalized spacial score (nSPS) is 10.1. The third-order valence-electron chi connectivity index (χ3n) is 3.48. The van der Waals surface area contributed by atoms with E-state index >= 15 is 0 Å². The number of nitrogens with one attached hydrogen (secondary N) is 2. The molecule has 0 bridgehead atoms. The minimum Gasteiger partial charge on any atom is -0.492 e. The van der Waals surface area contributed by atoms with Crippen molar-refractivity contribution in [2.24, 2.45) is 0 Å². The lowest BCUT2D eigenvalue weighted by Gasteiger charge is -2.15. The monoisotopic (exact) mass is 388 g/mol. The summed E-state index contributed by atoms with van der Waals surface area (Å²) in [7, 11) is 0. The van der Waals surface area contributed by atoms with Gasteiger partial charge in [-0.05, 0) is 50.3 Å². The fourth-order valence-electron chi connectivity index (χ4n) is 2.31. The van der Waals surface area contributed by atoms with E-state index in [1.54, 1.807) is 18.2 Å². The van der Waals surface area contributed by atoms with Crippen LogP contribution in [0.2, 0.25) is 0 Å². The van der Waals surface area contributed by atoms with Gasteiger partial charge >= 0.3 is 0 Å². The van der Waals surface area contributed by atoms with E-state index in [0.717, 1.165) is 0 Å². The molecule has 0 aliphatic carbocycles. The second kappa shape index (κ2) is 11.2. The van der Waals surface area contributed by atoms with E-state index in [9.17, 15) is 4.79 Å². The smallest absolute Gasteiger partial charge is 0.261 e. The van der Waals surface area contributed by atoms with E-state index in [4.69, 9.17) is 26.4 Å². The van der Waals surface area contributed by atoms with E-state index in [1.165, 1.54) is 0 Å². The Kier molecular flexibility index (Phi) is 8.54. The number of thiocarbonyl (C=S) groups is 1. The highest BCUT2D eigenvalue weighted by molar-refractivity contribution is 7.80. The van der Waals surface area contributed by atoms with Gasteiger partial charge in [-0.15, -0.1) is 0 Å². The molecule has 2 aromatic rings. The number of benzene rings is 2. The molecule has 7 heteroatoms. The van der Waals surface area contributed by atoms with Gasteiger partial charge in [0.05, 0.1) is 24.5 Å². The molecule has 6 nitrogen and oxygen atoms in total. The topological polar surface area (TPSA) is 68.8 Å². The molecule has 1 amide bonds. The van der Waals surface area contributed by atoms with Gasteiger partial charge in [-0.25, -0.2) is 0 Å². The second-order valence-electron chi connectivity index (χ2n) is 5.38. The van der Waals surface area contributed by atoms with Gasteiger partial charge in [-0.2, -0.15) is 0 Å². The van der Waals surface area contributed by atoms with Gasteiger partial charge in [0.15, 0.2) is 5.11 Å². The number of hydrogen-bond acceptors (Lipinski definition) is 5. The largest absolute Gasteiger partial charge is 0.492 e. The number of carbonyl (C=O) groups is 1. The Morgan fingerprint density at radius 3 is 2.37 bits per heavy atom. The number of amides is 1. The Morgan fingerprint density at radius 2 is 1.63 bits per heavy atom. The molecule has 0 radical (unpaired) electrons. The first-order valence-electron chi connectivity index (χ1n) is 8.79. The highest BCUT2D eigenvalue weighted by Gasteiger charge is 2.14. The average molecular weight is 388 g/mol. The zero-order valence-electron chi connectivity index (χ0n) is 15.5. The van der Waals surface area contributed by atoms with E-state index in [2.05, 4.69) is 10.6 Å². The lowest BCUT2D eigenvalue weighted by atomic mass is 10.2. The van der Waals surface area contributed by atoms with Crippen LogP contribution in [-0.2, 0) is 4.74 Å². The molecule has 2 aromatic carbocycles. The van der Waals surface area contributed by atoms with Gasteiger partial charge in [-0.1, -0.05) is 24.3 Å².